The molecule has 0 saturated heterocycles. The second kappa shape index (κ2) is 14.1. The van der Waals surface area contributed by atoms with E-state index in [1.54, 1.807) is 0 Å². The van der Waals surface area contributed by atoms with Crippen molar-refractivity contribution in [2.45, 2.75) is 24.7 Å². The second-order valence-corrected chi connectivity index (χ2v) is 3.74. The summed E-state index contributed by atoms with van der Waals surface area (Å²) in [5.74, 6) is -11.3. The molecule has 0 aliphatic heterocycles. The molecule has 0 aliphatic rings. The first-order valence-corrected chi connectivity index (χ1v) is 5.24. The Labute approximate surface area is 167 Å². The van der Waals surface area contributed by atoms with Gasteiger partial charge in [0.2, 0.25) is 0 Å². The second-order valence-electron chi connectivity index (χ2n) is 3.74. The number of alkyl halides is 12. The van der Waals surface area contributed by atoms with Crippen LogP contribution in [0.25, 0.3) is 0 Å². The predicted octanol–water partition coefficient (Wildman–Crippen LogP) is 0.430. The zero-order valence-electron chi connectivity index (χ0n) is 13.2. The third-order valence-corrected chi connectivity index (χ3v) is 1.64. The molecule has 0 amide bonds. The zero-order chi connectivity index (χ0) is 21.7. The molecular formula is C10H8F12MnO7. The minimum atomic E-state index is -5.46. The summed E-state index contributed by atoms with van der Waals surface area (Å²) < 4.78 is 136. The molecule has 6 N–H and O–H groups in total. The Hall–Kier alpha value is -2.02. The molecule has 0 spiro atoms. The average Bonchev–Trinajstić information content (AvgIpc) is 2.34. The van der Waals surface area contributed by atoms with Gasteiger partial charge in [0, 0.05) is 0 Å². The number of rotatable bonds is 4. The van der Waals surface area contributed by atoms with Gasteiger partial charge in [0.1, 0.15) is 23.1 Å². The Kier molecular flexibility index (Phi) is 19.8. The minimum Gasteiger partial charge on any atom is -0.412 e. The first-order valence-electron chi connectivity index (χ1n) is 5.24. The van der Waals surface area contributed by atoms with E-state index < -0.39 is 60.7 Å². The molecule has 0 aliphatic carbocycles. The van der Waals surface area contributed by atoms with Gasteiger partial charge in [-0.25, -0.2) is 12.8 Å². The molecule has 0 atom stereocenters. The normalized spacial score (nSPS) is 10.8. The number of ketones is 4. The van der Waals surface area contributed by atoms with Crippen LogP contribution in [0, 0.1) is 12.8 Å². The Bertz CT molecular complexity index is 464. The standard InChI is InChI=1S/2C5HF6O2.Mn.3H2O/c2*6-4(7,8)2(12)1-3(13)5(9,10)11;;;;/h2*1H;;3*1H2/q2*-1;+2;;;. The molecule has 30 heavy (non-hydrogen) atoms. The summed E-state index contributed by atoms with van der Waals surface area (Å²) in [6.45, 7) is 0. The van der Waals surface area contributed by atoms with E-state index in [9.17, 15) is 71.9 Å². The SMILES string of the molecule is O.O.O.O=C([CH-]C(=O)C(F)(F)F)C(F)(F)F.O=C([CH-]C(=O)C(F)(F)F)C(F)(F)F.[Mn+2]. The summed E-state index contributed by atoms with van der Waals surface area (Å²) in [6.07, 6.45) is -23.9. The number of carbonyl (C=O) groups excluding carboxylic acids is 4. The van der Waals surface area contributed by atoms with E-state index in [0.717, 1.165) is 0 Å². The zero-order valence-corrected chi connectivity index (χ0v) is 14.4. The number of Topliss-reactive ketones (excluding diaryl/α,β-unsaturated/α-hetero) is 4. The van der Waals surface area contributed by atoms with Crippen molar-refractivity contribution in [2.75, 3.05) is 0 Å². The molecule has 1 radical (unpaired) electrons. The van der Waals surface area contributed by atoms with Gasteiger partial charge in [0.25, 0.3) is 0 Å². The minimum absolute atomic E-state index is 0. The molecule has 0 aromatic heterocycles. The van der Waals surface area contributed by atoms with Gasteiger partial charge in [-0.15, -0.1) is 0 Å². The van der Waals surface area contributed by atoms with Gasteiger partial charge < -0.3 is 35.6 Å². The van der Waals surface area contributed by atoms with Crippen molar-refractivity contribution >= 4 is 23.1 Å². The van der Waals surface area contributed by atoms with Gasteiger partial charge in [0.05, 0.1) is 0 Å². The van der Waals surface area contributed by atoms with Gasteiger partial charge in [-0.1, -0.05) is 0 Å². The number of hydrogen-bond donors (Lipinski definition) is 0. The van der Waals surface area contributed by atoms with Crippen molar-refractivity contribution in [3.05, 3.63) is 12.8 Å². The molecule has 7 nitrogen and oxygen atoms in total. The first kappa shape index (κ1) is 42.2. The van der Waals surface area contributed by atoms with Crippen molar-refractivity contribution in [1.82, 2.24) is 0 Å². The molecule has 181 valence electrons. The number of carbonyl (C=O) groups is 4. The molecular weight excluding hydrogens is 515 g/mol. The van der Waals surface area contributed by atoms with E-state index in [1.165, 1.54) is 0 Å². The Morgan fingerprint density at radius 3 is 0.567 bits per heavy atom. The van der Waals surface area contributed by atoms with Crippen molar-refractivity contribution in [1.29, 1.82) is 0 Å². The maximum atomic E-state index is 11.3. The topological polar surface area (TPSA) is 163 Å². The largest absolute Gasteiger partial charge is 2.00 e. The van der Waals surface area contributed by atoms with Crippen LogP contribution in [0.5, 0.6) is 0 Å². The first-order chi connectivity index (χ1) is 11.1. The van der Waals surface area contributed by atoms with Crippen LogP contribution < -0.4 is 0 Å². The average molecular weight is 523 g/mol. The third-order valence-electron chi connectivity index (χ3n) is 1.64. The van der Waals surface area contributed by atoms with E-state index in [-0.39, 0.29) is 33.5 Å². The van der Waals surface area contributed by atoms with Crippen molar-refractivity contribution in [3.8, 4) is 0 Å². The van der Waals surface area contributed by atoms with Crippen LogP contribution in [0.15, 0.2) is 0 Å². The number of halogens is 12. The summed E-state index contributed by atoms with van der Waals surface area (Å²) in [7, 11) is 0. The van der Waals surface area contributed by atoms with Crippen molar-refractivity contribution in [3.63, 3.8) is 0 Å². The molecule has 0 bridgehead atoms. The monoisotopic (exact) mass is 523 g/mol. The summed E-state index contributed by atoms with van der Waals surface area (Å²) >= 11 is 0. The van der Waals surface area contributed by atoms with Gasteiger partial charge in [-0.3, -0.25) is 0 Å². The molecule has 20 heteroatoms. The van der Waals surface area contributed by atoms with Crippen LogP contribution in [0.3, 0.4) is 0 Å². The quantitative estimate of drug-likeness (QED) is 0.226. The van der Waals surface area contributed by atoms with Crippen LogP contribution in [0.4, 0.5) is 52.7 Å². The van der Waals surface area contributed by atoms with Gasteiger partial charge in [-0.05, 0) is 0 Å². The molecule has 0 saturated carbocycles. The summed E-state index contributed by atoms with van der Waals surface area (Å²) in [6, 6.07) is 0. The van der Waals surface area contributed by atoms with Crippen LogP contribution in [0.2, 0.25) is 0 Å². The maximum absolute atomic E-state index is 11.3. The van der Waals surface area contributed by atoms with E-state index >= 15 is 0 Å². The van der Waals surface area contributed by atoms with Crippen LogP contribution >= 0.6 is 0 Å². The van der Waals surface area contributed by atoms with Crippen LogP contribution in [-0.2, 0) is 36.2 Å². The van der Waals surface area contributed by atoms with E-state index in [1.807, 2.05) is 0 Å². The van der Waals surface area contributed by atoms with Crippen molar-refractivity contribution in [2.24, 2.45) is 0 Å². The van der Waals surface area contributed by atoms with Crippen LogP contribution in [0.1, 0.15) is 0 Å². The van der Waals surface area contributed by atoms with Crippen molar-refractivity contribution < 1.29 is 105 Å². The number of hydrogen-bond acceptors (Lipinski definition) is 4. The molecule has 0 unspecified atom stereocenters. The Morgan fingerprint density at radius 1 is 0.400 bits per heavy atom. The Morgan fingerprint density at radius 2 is 0.500 bits per heavy atom. The fraction of sp³-hybridized carbons (Fsp3) is 0.400. The summed E-state index contributed by atoms with van der Waals surface area (Å²) in [5, 5.41) is 0. The van der Waals surface area contributed by atoms with Crippen LogP contribution in [-0.4, -0.2) is 64.3 Å². The van der Waals surface area contributed by atoms with E-state index in [0.29, 0.717) is 0 Å². The molecule has 0 heterocycles. The fourth-order valence-corrected chi connectivity index (χ4v) is 0.565. The molecule has 0 rings (SSSR count). The smallest absolute Gasteiger partial charge is 0.412 e. The molecule has 0 aromatic carbocycles. The Balaban J connectivity index is -0.0000000847. The predicted molar refractivity (Wildman–Crippen MR) is 63.7 cm³/mol. The van der Waals surface area contributed by atoms with E-state index in [2.05, 4.69) is 0 Å². The molecule has 0 aromatic rings. The third kappa shape index (κ3) is 18.0. The summed E-state index contributed by atoms with van der Waals surface area (Å²) in [5.41, 5.74) is 0. The molecule has 0 fully saturated rings. The van der Waals surface area contributed by atoms with Gasteiger partial charge >= 0.3 is 41.8 Å². The van der Waals surface area contributed by atoms with Gasteiger partial charge in [0.15, 0.2) is 0 Å². The fourth-order valence-electron chi connectivity index (χ4n) is 0.565. The van der Waals surface area contributed by atoms with Gasteiger partial charge in [-0.2, -0.15) is 52.7 Å². The summed E-state index contributed by atoms with van der Waals surface area (Å²) in [4.78, 5) is 39.3. The van der Waals surface area contributed by atoms with E-state index in [4.69, 9.17) is 0 Å². The maximum Gasteiger partial charge on any atom is 2.00 e.